The van der Waals surface area contributed by atoms with E-state index in [1.807, 2.05) is 12.1 Å². The Bertz CT molecular complexity index is 212. The van der Waals surface area contributed by atoms with Gasteiger partial charge < -0.3 is 1.43 Å². The van der Waals surface area contributed by atoms with E-state index in [9.17, 15) is 0 Å². The van der Waals surface area contributed by atoms with Crippen molar-refractivity contribution in [1.82, 2.24) is 0 Å². The fourth-order valence-electron chi connectivity index (χ4n) is 0.520. The fraction of sp³-hybridized carbons (Fsp3) is 0. The van der Waals surface area contributed by atoms with Gasteiger partial charge in [0.25, 0.3) is 0 Å². The molecule has 1 unspecified atom stereocenters. The predicted molar refractivity (Wildman–Crippen MR) is 46.9 cm³/mol. The first-order valence-electron chi connectivity index (χ1n) is 2.41. The largest absolute Gasteiger partial charge is 1.00 e. The second-order valence-corrected chi connectivity index (χ2v) is 3.05. The summed E-state index contributed by atoms with van der Waals surface area (Å²) in [5.41, 5.74) is 0. The van der Waals surface area contributed by atoms with Gasteiger partial charge in [-0.3, -0.25) is 0 Å². The van der Waals surface area contributed by atoms with Crippen LogP contribution in [0.3, 0.4) is 0 Å². The average molecular weight is 203 g/mol. The summed E-state index contributed by atoms with van der Waals surface area (Å²) in [5.74, 6) is 0. The van der Waals surface area contributed by atoms with Crippen molar-refractivity contribution in [2.24, 2.45) is 0 Å². The van der Waals surface area contributed by atoms with Crippen molar-refractivity contribution in [2.75, 3.05) is 0 Å². The molecule has 0 radical (unpaired) electrons. The minimum Gasteiger partial charge on any atom is -1.00 e. The summed E-state index contributed by atoms with van der Waals surface area (Å²) in [6, 6.07) is 5.51. The van der Waals surface area contributed by atoms with Crippen molar-refractivity contribution in [3.63, 3.8) is 0 Å². The molecule has 50 valence electrons. The topological polar surface area (TPSA) is 0 Å². The van der Waals surface area contributed by atoms with Gasteiger partial charge in [-0.1, -0.05) is 35.3 Å². The Labute approximate surface area is 96.3 Å². The minimum atomic E-state index is 0. The molecule has 0 nitrogen and oxygen atoms in total. The summed E-state index contributed by atoms with van der Waals surface area (Å²) in [6.07, 6.45) is 0. The Morgan fingerprint density at radius 3 is 2.30 bits per heavy atom. The molecule has 0 spiro atoms. The van der Waals surface area contributed by atoms with Crippen LogP contribution < -0.4 is 34.9 Å². The van der Waals surface area contributed by atoms with Crippen molar-refractivity contribution in [1.29, 1.82) is 0 Å². The van der Waals surface area contributed by atoms with Crippen LogP contribution >= 0.6 is 32.4 Å². The molecular formula is C6H6Cl2NaP. The van der Waals surface area contributed by atoms with Crippen LogP contribution in [0.1, 0.15) is 1.43 Å². The maximum absolute atomic E-state index is 5.72. The van der Waals surface area contributed by atoms with Gasteiger partial charge in [-0.15, -0.1) is 9.24 Å². The Morgan fingerprint density at radius 1 is 1.30 bits per heavy atom. The van der Waals surface area contributed by atoms with Gasteiger partial charge in [0.15, 0.2) is 0 Å². The normalized spacial score (nSPS) is 8.70. The quantitative estimate of drug-likeness (QED) is 0.398. The Morgan fingerprint density at radius 2 is 1.90 bits per heavy atom. The van der Waals surface area contributed by atoms with Crippen molar-refractivity contribution in [2.45, 2.75) is 0 Å². The molecule has 0 saturated heterocycles. The number of hydrogen-bond donors (Lipinski definition) is 0. The number of halogens is 2. The van der Waals surface area contributed by atoms with Crippen LogP contribution in [-0.2, 0) is 0 Å². The molecule has 0 N–H and O–H groups in total. The summed E-state index contributed by atoms with van der Waals surface area (Å²) in [4.78, 5) is 0. The van der Waals surface area contributed by atoms with Crippen LogP contribution in [0.4, 0.5) is 0 Å². The molecule has 1 aromatic rings. The molecule has 1 rings (SSSR count). The number of rotatable bonds is 0. The van der Waals surface area contributed by atoms with E-state index in [4.69, 9.17) is 23.2 Å². The van der Waals surface area contributed by atoms with Gasteiger partial charge in [-0.2, -0.15) is 0 Å². The van der Waals surface area contributed by atoms with Crippen LogP contribution in [0.25, 0.3) is 0 Å². The Hall–Kier alpha value is 1.23. The van der Waals surface area contributed by atoms with Gasteiger partial charge in [0, 0.05) is 0 Å². The van der Waals surface area contributed by atoms with Gasteiger partial charge in [0.2, 0.25) is 0 Å². The zero-order chi connectivity index (χ0) is 6.85. The van der Waals surface area contributed by atoms with Gasteiger partial charge in [-0.05, 0) is 11.4 Å². The van der Waals surface area contributed by atoms with E-state index in [1.54, 1.807) is 6.07 Å². The van der Waals surface area contributed by atoms with E-state index < -0.39 is 0 Å². The third kappa shape index (κ3) is 2.70. The van der Waals surface area contributed by atoms with E-state index in [1.165, 1.54) is 0 Å². The predicted octanol–water partition coefficient (Wildman–Crippen LogP) is -0.390. The molecule has 0 aromatic heterocycles. The van der Waals surface area contributed by atoms with Gasteiger partial charge >= 0.3 is 29.6 Å². The molecule has 1 aromatic carbocycles. The summed E-state index contributed by atoms with van der Waals surface area (Å²) >= 11 is 11.4. The second kappa shape index (κ2) is 4.98. The Kier molecular flexibility index (Phi) is 5.59. The summed E-state index contributed by atoms with van der Waals surface area (Å²) in [5, 5.41) is 2.15. The first-order valence-corrected chi connectivity index (χ1v) is 3.74. The number of benzene rings is 1. The molecule has 0 bridgehead atoms. The first-order chi connectivity index (χ1) is 4.22. The standard InChI is InChI=1S/C6H5Cl2P.Na.H/c7-4-2-1-3-5(9)6(4)8;;/h1-3H,9H2;;/q;+1;-1. The molecule has 0 aliphatic carbocycles. The van der Waals surface area contributed by atoms with Crippen molar-refractivity contribution in [3.05, 3.63) is 28.2 Å². The smallest absolute Gasteiger partial charge is 1.00 e. The zero-order valence-corrected chi connectivity index (χ0v) is 10.2. The average Bonchev–Trinajstić information content (AvgIpc) is 1.83. The summed E-state index contributed by atoms with van der Waals surface area (Å²) in [7, 11) is 2.50. The monoisotopic (exact) mass is 202 g/mol. The van der Waals surface area contributed by atoms with E-state index in [0.29, 0.717) is 10.0 Å². The van der Waals surface area contributed by atoms with E-state index in [0.717, 1.165) is 5.30 Å². The molecular weight excluding hydrogens is 197 g/mol. The molecule has 0 aliphatic heterocycles. The fourth-order valence-corrected chi connectivity index (χ4v) is 1.19. The van der Waals surface area contributed by atoms with Crippen LogP contribution in [0.2, 0.25) is 10.0 Å². The molecule has 0 aliphatic rings. The van der Waals surface area contributed by atoms with E-state index >= 15 is 0 Å². The maximum Gasteiger partial charge on any atom is 1.00 e. The number of hydrogen-bond acceptors (Lipinski definition) is 0. The van der Waals surface area contributed by atoms with Crippen molar-refractivity contribution < 1.29 is 31.0 Å². The minimum absolute atomic E-state index is 0. The summed E-state index contributed by atoms with van der Waals surface area (Å²) in [6.45, 7) is 0. The third-order valence-electron chi connectivity index (χ3n) is 0.981. The third-order valence-corrected chi connectivity index (χ3v) is 2.48. The molecule has 0 saturated carbocycles. The van der Waals surface area contributed by atoms with Crippen LogP contribution in [0.5, 0.6) is 0 Å². The van der Waals surface area contributed by atoms with Crippen molar-refractivity contribution in [3.8, 4) is 0 Å². The van der Waals surface area contributed by atoms with Gasteiger partial charge in [0.05, 0.1) is 10.0 Å². The SMILES string of the molecule is Pc1cccc(Cl)c1Cl.[H-].[Na+]. The molecule has 0 heterocycles. The summed E-state index contributed by atoms with van der Waals surface area (Å²) < 4.78 is 0. The second-order valence-electron chi connectivity index (χ2n) is 1.64. The molecule has 10 heavy (non-hydrogen) atoms. The van der Waals surface area contributed by atoms with Gasteiger partial charge in [0.1, 0.15) is 0 Å². The van der Waals surface area contributed by atoms with Crippen molar-refractivity contribution >= 4 is 37.7 Å². The van der Waals surface area contributed by atoms with Crippen LogP contribution in [-0.4, -0.2) is 0 Å². The molecule has 4 heteroatoms. The van der Waals surface area contributed by atoms with Gasteiger partial charge in [-0.25, -0.2) is 0 Å². The van der Waals surface area contributed by atoms with E-state index in [2.05, 4.69) is 9.24 Å². The zero-order valence-electron chi connectivity index (χ0n) is 6.57. The molecule has 0 amide bonds. The molecule has 1 atom stereocenters. The van der Waals surface area contributed by atoms with Crippen LogP contribution in [0.15, 0.2) is 18.2 Å². The maximum atomic E-state index is 5.72. The van der Waals surface area contributed by atoms with E-state index in [-0.39, 0.29) is 31.0 Å². The first kappa shape index (κ1) is 11.2. The van der Waals surface area contributed by atoms with Crippen LogP contribution in [0, 0.1) is 0 Å². The molecule has 0 fully saturated rings. The Balaban J connectivity index is 0.